The van der Waals surface area contributed by atoms with Crippen LogP contribution in [-0.2, 0) is 0 Å². The monoisotopic (exact) mass is 1350 g/mol. The lowest BCUT2D eigenvalue weighted by molar-refractivity contribution is 0.414. The van der Waals surface area contributed by atoms with E-state index in [2.05, 4.69) is 348 Å². The van der Waals surface area contributed by atoms with Crippen LogP contribution >= 0.6 is 0 Å². The zero-order valence-electron chi connectivity index (χ0n) is 67.1. The van der Waals surface area contributed by atoms with Gasteiger partial charge in [-0.05, 0) is 198 Å². The predicted molar refractivity (Wildman–Crippen MR) is 440 cm³/mol. The number of halogens is 2. The molecule has 10 rings (SSSR count). The first-order valence-electron chi connectivity index (χ1n) is 36.7. The van der Waals surface area contributed by atoms with Crippen LogP contribution in [0.15, 0.2) is 249 Å². The molecule has 0 N–H and O–H groups in total. The Kier molecular flexibility index (Phi) is 45.1. The van der Waals surface area contributed by atoms with Crippen LogP contribution in [0.3, 0.4) is 0 Å². The van der Waals surface area contributed by atoms with Crippen molar-refractivity contribution in [2.24, 2.45) is 0 Å². The van der Waals surface area contributed by atoms with E-state index in [0.29, 0.717) is 53.3 Å². The highest BCUT2D eigenvalue weighted by Gasteiger charge is 2.06. The minimum atomic E-state index is -0.163. The number of benzene rings is 10. The Hall–Kier alpha value is -8.14. The summed E-state index contributed by atoms with van der Waals surface area (Å²) in [6, 6.07) is 84.0. The van der Waals surface area contributed by atoms with Gasteiger partial charge in [-0.3, -0.25) is 0 Å². The molecule has 0 saturated heterocycles. The van der Waals surface area contributed by atoms with Gasteiger partial charge in [-0.1, -0.05) is 379 Å². The highest BCUT2D eigenvalue weighted by Crippen LogP contribution is 2.23. The van der Waals surface area contributed by atoms with E-state index in [4.69, 9.17) is 4.74 Å². The smallest absolute Gasteiger partial charge is 0.126 e. The third kappa shape index (κ3) is 39.0. The molecule has 1 nitrogen and oxygen atoms in total. The lowest BCUT2D eigenvalue weighted by atomic mass is 9.99. The summed E-state index contributed by atoms with van der Waals surface area (Å²) < 4.78 is 30.2. The van der Waals surface area contributed by atoms with E-state index >= 15 is 0 Å². The van der Waals surface area contributed by atoms with E-state index in [0.717, 1.165) is 11.3 Å². The largest absolute Gasteiger partial charge is 0.497 e. The second-order valence-corrected chi connectivity index (χ2v) is 29.2. The highest BCUT2D eigenvalue weighted by molar-refractivity contribution is 5.32. The van der Waals surface area contributed by atoms with Gasteiger partial charge in [0.05, 0.1) is 7.11 Å². The average molecular weight is 1350 g/mol. The summed E-state index contributed by atoms with van der Waals surface area (Å²) in [6.45, 7) is 56.4. The fourth-order valence-electron chi connectivity index (χ4n) is 10.1. The fraction of sp³-hybridized carbons (Fsp3) is 0.381. The fourth-order valence-corrected chi connectivity index (χ4v) is 10.1. The third-order valence-corrected chi connectivity index (χ3v) is 16.8. The van der Waals surface area contributed by atoms with Crippen molar-refractivity contribution in [2.45, 2.75) is 239 Å². The number of hydrogen-bond donors (Lipinski definition) is 0. The summed E-state index contributed by atoms with van der Waals surface area (Å²) in [5, 5.41) is 0. The van der Waals surface area contributed by atoms with Gasteiger partial charge in [0, 0.05) is 0 Å². The molecule has 100 heavy (non-hydrogen) atoms. The molecule has 0 aliphatic carbocycles. The second-order valence-electron chi connectivity index (χ2n) is 29.2. The van der Waals surface area contributed by atoms with Crippen molar-refractivity contribution in [1.82, 2.24) is 0 Å². The van der Waals surface area contributed by atoms with Crippen molar-refractivity contribution in [3.05, 3.63) is 349 Å². The minimum Gasteiger partial charge on any atom is -0.497 e. The van der Waals surface area contributed by atoms with Crippen LogP contribution in [0.5, 0.6) is 5.75 Å². The van der Waals surface area contributed by atoms with Gasteiger partial charge in [0.15, 0.2) is 0 Å². The molecule has 10 aromatic carbocycles. The zero-order valence-corrected chi connectivity index (χ0v) is 67.1. The molecule has 0 heterocycles. The normalized spacial score (nSPS) is 10.3. The summed E-state index contributed by atoms with van der Waals surface area (Å²) in [6.07, 6.45) is 0. The van der Waals surface area contributed by atoms with Crippen LogP contribution < -0.4 is 4.74 Å². The summed E-state index contributed by atoms with van der Waals surface area (Å²) in [7, 11) is 1.68. The average Bonchev–Trinajstić information content (AvgIpc) is 0.966. The molecule has 3 heteroatoms. The van der Waals surface area contributed by atoms with E-state index in [-0.39, 0.29) is 17.6 Å². The van der Waals surface area contributed by atoms with E-state index in [1.165, 1.54) is 102 Å². The Bertz CT molecular complexity index is 3390. The van der Waals surface area contributed by atoms with E-state index < -0.39 is 0 Å². The minimum absolute atomic E-state index is 0.0995. The summed E-state index contributed by atoms with van der Waals surface area (Å²) in [4.78, 5) is 0. The molecule has 10 aromatic rings. The van der Waals surface area contributed by atoms with Gasteiger partial charge in [-0.15, -0.1) is 0 Å². The quantitative estimate of drug-likeness (QED) is 0.125. The van der Waals surface area contributed by atoms with Gasteiger partial charge < -0.3 is 4.74 Å². The number of rotatable bonds is 11. The van der Waals surface area contributed by atoms with Crippen molar-refractivity contribution >= 4 is 0 Å². The Morgan fingerprint density at radius 1 is 0.220 bits per heavy atom. The first kappa shape index (κ1) is 89.9. The van der Waals surface area contributed by atoms with Crippen molar-refractivity contribution in [2.75, 3.05) is 7.11 Å². The SMILES string of the molecule is CC(C)c1ccc(F)cc1.CC(C)c1ccccc1.CC(C)c1ccccc1F.COc1ccc(C(C)C)cc1.Cc1ccc(C(C)C)cc1.Cc1cccc(C(C)C)c1.Cc1cccc(C(C)C)c1.Cc1cccc(C(C)C)c1.Cc1ccccc1C(C)C.Cc1ccccc1C(C)C. The molecule has 0 atom stereocenters. The van der Waals surface area contributed by atoms with Gasteiger partial charge in [0.2, 0.25) is 0 Å². The molecule has 0 aromatic heterocycles. The maximum atomic E-state index is 12.8. The highest BCUT2D eigenvalue weighted by atomic mass is 19.1. The van der Waals surface area contributed by atoms with Crippen LogP contribution in [-0.4, -0.2) is 7.11 Å². The standard InChI is InChI=1S/C10H14O.6C10H14.2C9H11F.C9H12/c1-8(2)9-4-6-10(11-3)7-5-9;1-8(2)10-6-4-9(3)5-7-10;3*1-8(2)10-6-4-5-9(3)7-10;2*1-8(2)10-7-5-4-6-9(10)3;1-7(2)8-3-5-9(10)6-4-8;1-7(2)8-5-3-4-6-9(8)10;1-8(2)9-6-4-3-5-7-9/h4-8H,1-3H3;6*4-8H,1-3H3;2*3-7H,1-2H3;3-8H,1-2H3. The maximum absolute atomic E-state index is 12.8. The van der Waals surface area contributed by atoms with Gasteiger partial charge in [-0.25, -0.2) is 8.78 Å². The first-order valence-corrected chi connectivity index (χ1v) is 36.7. The zero-order chi connectivity index (χ0) is 75.4. The third-order valence-electron chi connectivity index (χ3n) is 16.8. The van der Waals surface area contributed by atoms with Crippen molar-refractivity contribution < 1.29 is 13.5 Å². The number of ether oxygens (including phenoxy) is 1. The molecule has 0 fully saturated rings. The van der Waals surface area contributed by atoms with E-state index in [1.807, 2.05) is 56.3 Å². The van der Waals surface area contributed by atoms with Crippen molar-refractivity contribution in [1.29, 1.82) is 0 Å². The predicted octanol–water partition coefficient (Wildman–Crippen LogP) is 30.2. The van der Waals surface area contributed by atoms with Crippen LogP contribution in [0.4, 0.5) is 8.78 Å². The van der Waals surface area contributed by atoms with Crippen molar-refractivity contribution in [3.8, 4) is 5.75 Å². The molecule has 0 aliphatic rings. The number of methoxy groups -OCH3 is 1. The molecule has 0 amide bonds. The van der Waals surface area contributed by atoms with Crippen molar-refractivity contribution in [3.63, 3.8) is 0 Å². The number of aryl methyl sites for hydroxylation is 6. The summed E-state index contributed by atoms with van der Waals surface area (Å²) >= 11 is 0. The Labute approximate surface area is 611 Å². The lowest BCUT2D eigenvalue weighted by Crippen LogP contribution is -1.90. The molecule has 540 valence electrons. The molecule has 0 spiro atoms. The maximum Gasteiger partial charge on any atom is 0.126 e. The van der Waals surface area contributed by atoms with Crippen LogP contribution in [0.2, 0.25) is 0 Å². The molecule has 0 bridgehead atoms. The Balaban J connectivity index is 0.000000556. The topological polar surface area (TPSA) is 9.23 Å². The van der Waals surface area contributed by atoms with Gasteiger partial charge in [-0.2, -0.15) is 0 Å². The lowest BCUT2D eigenvalue weighted by Gasteiger charge is -2.07. The van der Waals surface area contributed by atoms with E-state index in [1.54, 1.807) is 13.2 Å². The van der Waals surface area contributed by atoms with Crippen LogP contribution in [0.25, 0.3) is 0 Å². The summed E-state index contributed by atoms with van der Waals surface area (Å²) in [5.41, 5.74) is 21.6. The number of hydrogen-bond acceptors (Lipinski definition) is 1. The van der Waals surface area contributed by atoms with Gasteiger partial charge >= 0.3 is 0 Å². The van der Waals surface area contributed by atoms with Gasteiger partial charge in [0.1, 0.15) is 17.4 Å². The Morgan fingerprint density at radius 3 is 0.720 bits per heavy atom. The molecule has 0 aliphatic heterocycles. The van der Waals surface area contributed by atoms with Gasteiger partial charge in [0.25, 0.3) is 0 Å². The molecular weight excluding hydrogens is 1220 g/mol. The van der Waals surface area contributed by atoms with Crippen LogP contribution in [0, 0.1) is 53.2 Å². The van der Waals surface area contributed by atoms with Crippen LogP contribution in [0.1, 0.15) is 287 Å². The molecule has 0 radical (unpaired) electrons. The Morgan fingerprint density at radius 2 is 0.480 bits per heavy atom. The first-order chi connectivity index (χ1) is 47.2. The molecular formula is C97H132F2O. The molecule has 0 saturated carbocycles. The molecule has 0 unspecified atom stereocenters. The second kappa shape index (κ2) is 50.2. The van der Waals surface area contributed by atoms with E-state index in [9.17, 15) is 8.78 Å². The summed E-state index contributed by atoms with van der Waals surface area (Å²) in [5.74, 6) is 6.60.